The highest BCUT2D eigenvalue weighted by molar-refractivity contribution is 6.31. The minimum absolute atomic E-state index is 0.485. The average molecular weight is 254 g/mol. The first-order chi connectivity index (χ1) is 8.06. The SMILES string of the molecule is Cc1nc(Cl)c(NCC2CCC(C)C2)nc1C. The first kappa shape index (κ1) is 12.6. The predicted molar refractivity (Wildman–Crippen MR) is 71.5 cm³/mol. The number of anilines is 1. The Balaban J connectivity index is 1.97. The van der Waals surface area contributed by atoms with E-state index >= 15 is 0 Å². The van der Waals surface area contributed by atoms with Gasteiger partial charge < -0.3 is 5.32 Å². The van der Waals surface area contributed by atoms with Gasteiger partial charge in [-0.3, -0.25) is 0 Å². The van der Waals surface area contributed by atoms with Crippen LogP contribution in [0.1, 0.15) is 37.6 Å². The van der Waals surface area contributed by atoms with Crippen LogP contribution in [0.2, 0.25) is 5.15 Å². The Labute approximate surface area is 108 Å². The molecule has 1 saturated carbocycles. The van der Waals surface area contributed by atoms with Gasteiger partial charge in [-0.25, -0.2) is 9.97 Å². The Morgan fingerprint density at radius 1 is 1.24 bits per heavy atom. The molecule has 94 valence electrons. The molecule has 1 heterocycles. The van der Waals surface area contributed by atoms with Crippen LogP contribution < -0.4 is 5.32 Å². The van der Waals surface area contributed by atoms with Crippen LogP contribution in [0.3, 0.4) is 0 Å². The van der Waals surface area contributed by atoms with E-state index in [1.165, 1.54) is 19.3 Å². The Kier molecular flexibility index (Phi) is 3.87. The second-order valence-corrected chi connectivity index (χ2v) is 5.56. The standard InChI is InChI=1S/C13H20ClN3/c1-8-4-5-11(6-8)7-15-13-12(14)16-9(2)10(3)17-13/h8,11H,4-7H2,1-3H3,(H,15,17). The van der Waals surface area contributed by atoms with E-state index in [2.05, 4.69) is 22.2 Å². The summed E-state index contributed by atoms with van der Waals surface area (Å²) in [6.45, 7) is 7.17. The fraction of sp³-hybridized carbons (Fsp3) is 0.692. The summed E-state index contributed by atoms with van der Waals surface area (Å²) in [6.07, 6.45) is 3.96. The van der Waals surface area contributed by atoms with Crippen molar-refractivity contribution in [1.82, 2.24) is 9.97 Å². The molecule has 0 radical (unpaired) electrons. The van der Waals surface area contributed by atoms with Gasteiger partial charge in [0.15, 0.2) is 11.0 Å². The van der Waals surface area contributed by atoms with Crippen molar-refractivity contribution in [2.24, 2.45) is 11.8 Å². The molecule has 17 heavy (non-hydrogen) atoms. The highest BCUT2D eigenvalue weighted by Gasteiger charge is 2.21. The van der Waals surface area contributed by atoms with Crippen molar-refractivity contribution in [2.75, 3.05) is 11.9 Å². The van der Waals surface area contributed by atoms with Gasteiger partial charge in [-0.2, -0.15) is 0 Å². The van der Waals surface area contributed by atoms with Crippen molar-refractivity contribution in [3.8, 4) is 0 Å². The van der Waals surface area contributed by atoms with E-state index in [0.29, 0.717) is 5.15 Å². The molecule has 0 bridgehead atoms. The van der Waals surface area contributed by atoms with Crippen LogP contribution in [0.5, 0.6) is 0 Å². The average Bonchev–Trinajstić information content (AvgIpc) is 2.68. The zero-order chi connectivity index (χ0) is 12.4. The number of nitrogens with one attached hydrogen (secondary N) is 1. The second kappa shape index (κ2) is 5.21. The van der Waals surface area contributed by atoms with Crippen LogP contribution in [0.15, 0.2) is 0 Å². The molecular weight excluding hydrogens is 234 g/mol. The number of nitrogens with zero attached hydrogens (tertiary/aromatic N) is 2. The van der Waals surface area contributed by atoms with E-state index in [4.69, 9.17) is 11.6 Å². The zero-order valence-electron chi connectivity index (χ0n) is 10.8. The fourth-order valence-electron chi connectivity index (χ4n) is 2.44. The first-order valence-electron chi connectivity index (χ1n) is 6.31. The molecule has 1 fully saturated rings. The molecule has 0 saturated heterocycles. The third kappa shape index (κ3) is 3.09. The van der Waals surface area contributed by atoms with Crippen molar-refractivity contribution in [3.05, 3.63) is 16.5 Å². The smallest absolute Gasteiger partial charge is 0.171 e. The molecule has 1 aromatic rings. The summed E-state index contributed by atoms with van der Waals surface area (Å²) in [5, 5.41) is 3.82. The van der Waals surface area contributed by atoms with E-state index in [1.807, 2.05) is 13.8 Å². The molecule has 0 aliphatic heterocycles. The Morgan fingerprint density at radius 3 is 2.59 bits per heavy atom. The maximum Gasteiger partial charge on any atom is 0.171 e. The fourth-order valence-corrected chi connectivity index (χ4v) is 2.68. The Hall–Kier alpha value is -0.830. The predicted octanol–water partition coefficient (Wildman–Crippen LogP) is 3.59. The van der Waals surface area contributed by atoms with Gasteiger partial charge in [0.25, 0.3) is 0 Å². The number of aryl methyl sites for hydroxylation is 2. The van der Waals surface area contributed by atoms with Gasteiger partial charge in [-0.1, -0.05) is 24.9 Å². The van der Waals surface area contributed by atoms with Crippen LogP contribution in [0.4, 0.5) is 5.82 Å². The van der Waals surface area contributed by atoms with Gasteiger partial charge >= 0.3 is 0 Å². The molecule has 1 aliphatic rings. The van der Waals surface area contributed by atoms with Crippen LogP contribution in [-0.2, 0) is 0 Å². The number of aromatic nitrogens is 2. The second-order valence-electron chi connectivity index (χ2n) is 5.20. The number of hydrogen-bond acceptors (Lipinski definition) is 3. The van der Waals surface area contributed by atoms with Crippen molar-refractivity contribution in [1.29, 1.82) is 0 Å². The van der Waals surface area contributed by atoms with Gasteiger partial charge in [-0.15, -0.1) is 0 Å². The summed E-state index contributed by atoms with van der Waals surface area (Å²) in [5.41, 5.74) is 1.84. The minimum atomic E-state index is 0.485. The monoisotopic (exact) mass is 253 g/mol. The lowest BCUT2D eigenvalue weighted by molar-refractivity contribution is 0.536. The third-order valence-electron chi connectivity index (χ3n) is 3.63. The van der Waals surface area contributed by atoms with E-state index < -0.39 is 0 Å². The Bertz CT molecular complexity index is 406. The van der Waals surface area contributed by atoms with E-state index in [-0.39, 0.29) is 0 Å². The van der Waals surface area contributed by atoms with Crippen molar-refractivity contribution in [2.45, 2.75) is 40.0 Å². The van der Waals surface area contributed by atoms with Crippen LogP contribution in [-0.4, -0.2) is 16.5 Å². The van der Waals surface area contributed by atoms with E-state index in [0.717, 1.165) is 35.6 Å². The molecular formula is C13H20ClN3. The summed E-state index contributed by atoms with van der Waals surface area (Å²) >= 11 is 6.08. The third-order valence-corrected chi connectivity index (χ3v) is 3.89. The van der Waals surface area contributed by atoms with Crippen LogP contribution in [0.25, 0.3) is 0 Å². The van der Waals surface area contributed by atoms with Crippen molar-refractivity contribution >= 4 is 17.4 Å². The first-order valence-corrected chi connectivity index (χ1v) is 6.68. The van der Waals surface area contributed by atoms with Gasteiger partial charge in [0, 0.05) is 6.54 Å². The number of hydrogen-bond donors (Lipinski definition) is 1. The zero-order valence-corrected chi connectivity index (χ0v) is 11.5. The molecule has 4 heteroatoms. The van der Waals surface area contributed by atoms with Crippen LogP contribution in [0, 0.1) is 25.7 Å². The highest BCUT2D eigenvalue weighted by atomic mass is 35.5. The lowest BCUT2D eigenvalue weighted by Crippen LogP contribution is -2.13. The Morgan fingerprint density at radius 2 is 1.94 bits per heavy atom. The van der Waals surface area contributed by atoms with Crippen LogP contribution >= 0.6 is 11.6 Å². The molecule has 1 aliphatic carbocycles. The molecule has 2 rings (SSSR count). The topological polar surface area (TPSA) is 37.8 Å². The molecule has 0 aromatic carbocycles. The largest absolute Gasteiger partial charge is 0.367 e. The normalized spacial score (nSPS) is 24.0. The molecule has 0 amide bonds. The van der Waals surface area contributed by atoms with Gasteiger partial charge in [0.05, 0.1) is 11.4 Å². The molecule has 1 aromatic heterocycles. The molecule has 1 N–H and O–H groups in total. The summed E-state index contributed by atoms with van der Waals surface area (Å²) < 4.78 is 0. The van der Waals surface area contributed by atoms with Gasteiger partial charge in [-0.05, 0) is 38.5 Å². The van der Waals surface area contributed by atoms with Gasteiger partial charge in [0.2, 0.25) is 0 Å². The molecule has 2 atom stereocenters. The summed E-state index contributed by atoms with van der Waals surface area (Å²) in [6, 6.07) is 0. The lowest BCUT2D eigenvalue weighted by Gasteiger charge is -2.13. The summed E-state index contributed by atoms with van der Waals surface area (Å²) in [5.74, 6) is 2.35. The molecule has 3 nitrogen and oxygen atoms in total. The minimum Gasteiger partial charge on any atom is -0.367 e. The van der Waals surface area contributed by atoms with Crippen molar-refractivity contribution in [3.63, 3.8) is 0 Å². The number of halogens is 1. The van der Waals surface area contributed by atoms with E-state index in [1.54, 1.807) is 0 Å². The quantitative estimate of drug-likeness (QED) is 0.895. The highest BCUT2D eigenvalue weighted by Crippen LogP contribution is 2.30. The summed E-state index contributed by atoms with van der Waals surface area (Å²) in [7, 11) is 0. The lowest BCUT2D eigenvalue weighted by atomic mass is 10.1. The van der Waals surface area contributed by atoms with Crippen molar-refractivity contribution < 1.29 is 0 Å². The maximum absolute atomic E-state index is 6.08. The molecule has 0 spiro atoms. The van der Waals surface area contributed by atoms with E-state index in [9.17, 15) is 0 Å². The number of rotatable bonds is 3. The maximum atomic E-state index is 6.08. The summed E-state index contributed by atoms with van der Waals surface area (Å²) in [4.78, 5) is 8.72. The molecule has 2 unspecified atom stereocenters. The van der Waals surface area contributed by atoms with Gasteiger partial charge in [0.1, 0.15) is 0 Å².